The van der Waals surface area contributed by atoms with E-state index >= 15 is 0 Å². The van der Waals surface area contributed by atoms with Crippen molar-refractivity contribution < 1.29 is 0 Å². The Labute approximate surface area is 114 Å². The molecule has 3 heteroatoms. The summed E-state index contributed by atoms with van der Waals surface area (Å²) >= 11 is 1.83. The summed E-state index contributed by atoms with van der Waals surface area (Å²) in [7, 11) is 0. The molecule has 0 aromatic heterocycles. The highest BCUT2D eigenvalue weighted by atomic mass is 32.2. The summed E-state index contributed by atoms with van der Waals surface area (Å²) in [6, 6.07) is 9.14. The van der Waals surface area contributed by atoms with E-state index in [-0.39, 0.29) is 0 Å². The van der Waals surface area contributed by atoms with Crippen molar-refractivity contribution in [1.29, 1.82) is 0 Å². The van der Waals surface area contributed by atoms with Crippen LogP contribution in [0.3, 0.4) is 0 Å². The number of para-hydroxylation sites is 1. The fourth-order valence-corrected chi connectivity index (χ4v) is 2.99. The Morgan fingerprint density at radius 1 is 1.39 bits per heavy atom. The van der Waals surface area contributed by atoms with E-state index < -0.39 is 0 Å². The largest absolute Gasteiger partial charge is 0.383 e. The molecule has 2 N–H and O–H groups in total. The Morgan fingerprint density at radius 2 is 2.28 bits per heavy atom. The zero-order valence-corrected chi connectivity index (χ0v) is 11.6. The molecule has 0 bridgehead atoms. The van der Waals surface area contributed by atoms with Crippen molar-refractivity contribution in [2.75, 3.05) is 24.2 Å². The molecule has 0 radical (unpaired) electrons. The predicted molar refractivity (Wildman–Crippen MR) is 81.5 cm³/mol. The van der Waals surface area contributed by atoms with E-state index in [9.17, 15) is 0 Å². The summed E-state index contributed by atoms with van der Waals surface area (Å²) in [4.78, 5) is 1.31. The first-order valence-electron chi connectivity index (χ1n) is 6.70. The normalized spacial score (nSPS) is 19.4. The van der Waals surface area contributed by atoms with Gasteiger partial charge in [0.15, 0.2) is 0 Å². The lowest BCUT2D eigenvalue weighted by atomic mass is 10.1. The lowest BCUT2D eigenvalue weighted by Crippen LogP contribution is -2.39. The van der Waals surface area contributed by atoms with Crippen LogP contribution in [0.2, 0.25) is 0 Å². The van der Waals surface area contributed by atoms with Crippen LogP contribution < -0.4 is 10.6 Å². The Kier molecular flexibility index (Phi) is 5.62. The summed E-state index contributed by atoms with van der Waals surface area (Å²) < 4.78 is 0. The van der Waals surface area contributed by atoms with Crippen molar-refractivity contribution in [1.82, 2.24) is 5.32 Å². The van der Waals surface area contributed by atoms with Crippen LogP contribution in [0, 0.1) is 0 Å². The van der Waals surface area contributed by atoms with Gasteiger partial charge in [-0.15, -0.1) is 18.3 Å². The molecule has 2 nitrogen and oxygen atoms in total. The first-order chi connectivity index (χ1) is 8.90. The number of rotatable bonds is 6. The third kappa shape index (κ3) is 4.07. The lowest BCUT2D eigenvalue weighted by Gasteiger charge is -2.24. The van der Waals surface area contributed by atoms with E-state index in [1.54, 1.807) is 0 Å². The van der Waals surface area contributed by atoms with Gasteiger partial charge in [0.05, 0.1) is 0 Å². The average Bonchev–Trinajstić information content (AvgIpc) is 2.45. The summed E-state index contributed by atoms with van der Waals surface area (Å²) in [6.07, 6.45) is 5.91. The van der Waals surface area contributed by atoms with Crippen molar-refractivity contribution in [3.05, 3.63) is 36.9 Å². The van der Waals surface area contributed by atoms with Gasteiger partial charge in [-0.25, -0.2) is 0 Å². The van der Waals surface area contributed by atoms with Crippen LogP contribution in [0.4, 0.5) is 5.69 Å². The molecule has 1 aliphatic rings. The van der Waals surface area contributed by atoms with Crippen molar-refractivity contribution in [3.63, 3.8) is 0 Å². The standard InChI is InChI=1S/C15H22N2S/c1-2-11-18-15-9-4-3-8-14(15)17-12-13-7-5-6-10-16-13/h2-4,8-9,13,16-17H,1,5-7,10-12H2. The molecule has 0 saturated carbocycles. The summed E-state index contributed by atoms with van der Waals surface area (Å²) in [6.45, 7) is 5.96. The van der Waals surface area contributed by atoms with Crippen LogP contribution in [0.25, 0.3) is 0 Å². The summed E-state index contributed by atoms with van der Waals surface area (Å²) in [5, 5.41) is 7.14. The van der Waals surface area contributed by atoms with Crippen molar-refractivity contribution >= 4 is 17.4 Å². The maximum absolute atomic E-state index is 3.77. The molecule has 0 aliphatic carbocycles. The van der Waals surface area contributed by atoms with Gasteiger partial charge < -0.3 is 10.6 Å². The molecule has 2 rings (SSSR count). The first-order valence-corrected chi connectivity index (χ1v) is 7.68. The second-order valence-corrected chi connectivity index (χ2v) is 5.69. The van der Waals surface area contributed by atoms with Gasteiger partial charge in [0.2, 0.25) is 0 Å². The Hall–Kier alpha value is -0.930. The quantitative estimate of drug-likeness (QED) is 0.606. The van der Waals surface area contributed by atoms with Crippen LogP contribution in [0.15, 0.2) is 41.8 Å². The zero-order valence-electron chi connectivity index (χ0n) is 10.8. The number of hydrogen-bond acceptors (Lipinski definition) is 3. The number of piperidine rings is 1. The highest BCUT2D eigenvalue weighted by Gasteiger charge is 2.12. The Morgan fingerprint density at radius 3 is 3.06 bits per heavy atom. The minimum Gasteiger partial charge on any atom is -0.383 e. The first kappa shape index (κ1) is 13.5. The third-order valence-electron chi connectivity index (χ3n) is 3.20. The van der Waals surface area contributed by atoms with Crippen molar-refractivity contribution in [2.24, 2.45) is 0 Å². The molecule has 1 heterocycles. The van der Waals surface area contributed by atoms with Crippen molar-refractivity contribution in [3.8, 4) is 0 Å². The van der Waals surface area contributed by atoms with Gasteiger partial charge in [-0.2, -0.15) is 0 Å². The molecule has 1 saturated heterocycles. The molecule has 1 aromatic carbocycles. The second kappa shape index (κ2) is 7.49. The smallest absolute Gasteiger partial charge is 0.0479 e. The molecule has 1 unspecified atom stereocenters. The van der Waals surface area contributed by atoms with Gasteiger partial charge in [-0.3, -0.25) is 0 Å². The molecule has 0 amide bonds. The summed E-state index contributed by atoms with van der Waals surface area (Å²) in [5.41, 5.74) is 1.25. The minimum absolute atomic E-state index is 0.621. The molecule has 1 aromatic rings. The second-order valence-electron chi connectivity index (χ2n) is 4.62. The van der Waals surface area contributed by atoms with Gasteiger partial charge in [-0.05, 0) is 31.5 Å². The van der Waals surface area contributed by atoms with Crippen LogP contribution in [-0.2, 0) is 0 Å². The maximum atomic E-state index is 3.77. The van der Waals surface area contributed by atoms with Crippen LogP contribution >= 0.6 is 11.8 Å². The number of thioether (sulfide) groups is 1. The SMILES string of the molecule is C=CCSc1ccccc1NCC1CCCCN1. The minimum atomic E-state index is 0.621. The average molecular weight is 262 g/mol. The van der Waals surface area contributed by atoms with E-state index in [1.807, 2.05) is 17.8 Å². The summed E-state index contributed by atoms with van der Waals surface area (Å²) in [5.74, 6) is 0.959. The van der Waals surface area contributed by atoms with E-state index in [0.717, 1.165) is 12.3 Å². The molecule has 1 atom stereocenters. The zero-order chi connectivity index (χ0) is 12.6. The Balaban J connectivity index is 1.88. The highest BCUT2D eigenvalue weighted by molar-refractivity contribution is 7.99. The third-order valence-corrected chi connectivity index (χ3v) is 4.26. The molecular weight excluding hydrogens is 240 g/mol. The fourth-order valence-electron chi connectivity index (χ4n) is 2.22. The molecule has 18 heavy (non-hydrogen) atoms. The highest BCUT2D eigenvalue weighted by Crippen LogP contribution is 2.27. The van der Waals surface area contributed by atoms with E-state index in [0.29, 0.717) is 6.04 Å². The van der Waals surface area contributed by atoms with Crippen molar-refractivity contribution in [2.45, 2.75) is 30.2 Å². The molecular formula is C15H22N2S. The van der Waals surface area contributed by atoms with Gasteiger partial charge >= 0.3 is 0 Å². The molecule has 1 fully saturated rings. The molecule has 98 valence electrons. The van der Waals surface area contributed by atoms with Gasteiger partial charge in [0.1, 0.15) is 0 Å². The molecule has 0 spiro atoms. The fraction of sp³-hybridized carbons (Fsp3) is 0.467. The van der Waals surface area contributed by atoms with E-state index in [2.05, 4.69) is 41.5 Å². The number of benzene rings is 1. The predicted octanol–water partition coefficient (Wildman–Crippen LogP) is 3.52. The Bertz CT molecular complexity index is 373. The number of hydrogen-bond donors (Lipinski definition) is 2. The lowest BCUT2D eigenvalue weighted by molar-refractivity contribution is 0.414. The van der Waals surface area contributed by atoms with E-state index in [4.69, 9.17) is 0 Å². The van der Waals surface area contributed by atoms with Crippen LogP contribution in [0.1, 0.15) is 19.3 Å². The van der Waals surface area contributed by atoms with Crippen LogP contribution in [-0.4, -0.2) is 24.9 Å². The van der Waals surface area contributed by atoms with Gasteiger partial charge in [0, 0.05) is 28.9 Å². The monoisotopic (exact) mass is 262 g/mol. The van der Waals surface area contributed by atoms with Gasteiger partial charge in [-0.1, -0.05) is 24.6 Å². The number of nitrogens with one attached hydrogen (secondary N) is 2. The topological polar surface area (TPSA) is 24.1 Å². The van der Waals surface area contributed by atoms with E-state index in [1.165, 1.54) is 36.4 Å². The van der Waals surface area contributed by atoms with Crippen LogP contribution in [0.5, 0.6) is 0 Å². The maximum Gasteiger partial charge on any atom is 0.0479 e. The molecule has 1 aliphatic heterocycles. The van der Waals surface area contributed by atoms with Gasteiger partial charge in [0.25, 0.3) is 0 Å². The number of anilines is 1.